The number of pyridine rings is 1. The van der Waals surface area contributed by atoms with Crippen LogP contribution in [0.4, 0.5) is 0 Å². The monoisotopic (exact) mass is 288 g/mol. The summed E-state index contributed by atoms with van der Waals surface area (Å²) >= 11 is 0. The molecule has 114 valence electrons. The van der Waals surface area contributed by atoms with Crippen molar-refractivity contribution >= 4 is 6.21 Å². The maximum absolute atomic E-state index is 5.92. The minimum absolute atomic E-state index is 0.347. The topological polar surface area (TPSA) is 86.5 Å². The molecular formula is C16H24N4O. The molecule has 1 aromatic heterocycles. The first kappa shape index (κ1) is 15.5. The lowest BCUT2D eigenvalue weighted by Crippen LogP contribution is -2.28. The summed E-state index contributed by atoms with van der Waals surface area (Å²) in [6.45, 7) is 2.28. The lowest BCUT2D eigenvalue weighted by atomic mass is 9.92. The molecule has 21 heavy (non-hydrogen) atoms. The zero-order valence-electron chi connectivity index (χ0n) is 12.5. The van der Waals surface area contributed by atoms with Crippen LogP contribution in [0.15, 0.2) is 40.8 Å². The summed E-state index contributed by atoms with van der Waals surface area (Å²) in [4.78, 5) is 8.77. The van der Waals surface area contributed by atoms with Crippen molar-refractivity contribution in [2.24, 2.45) is 16.5 Å². The Morgan fingerprint density at radius 1 is 1.38 bits per heavy atom. The second kappa shape index (κ2) is 7.78. The third-order valence-electron chi connectivity index (χ3n) is 3.71. The van der Waals surface area contributed by atoms with Gasteiger partial charge >= 0.3 is 0 Å². The molecule has 0 amide bonds. The molecule has 0 radical (unpaired) electrons. The molecule has 1 aliphatic rings. The van der Waals surface area contributed by atoms with Gasteiger partial charge in [0.1, 0.15) is 6.61 Å². The molecule has 1 aliphatic carbocycles. The number of hydrogen-bond donors (Lipinski definition) is 2. The summed E-state index contributed by atoms with van der Waals surface area (Å²) in [6.07, 6.45) is 7.77. The van der Waals surface area contributed by atoms with Crippen LogP contribution in [0.1, 0.15) is 38.3 Å². The predicted octanol–water partition coefficient (Wildman–Crippen LogP) is 2.13. The van der Waals surface area contributed by atoms with Crippen molar-refractivity contribution in [2.45, 2.75) is 51.3 Å². The third-order valence-corrected chi connectivity index (χ3v) is 3.71. The smallest absolute Gasteiger partial charge is 0.188 e. The van der Waals surface area contributed by atoms with E-state index in [1.54, 1.807) is 6.20 Å². The van der Waals surface area contributed by atoms with E-state index in [2.05, 4.69) is 9.98 Å². The third kappa shape index (κ3) is 5.19. The average Bonchev–Trinajstić information content (AvgIpc) is 2.52. The SMILES string of the molecule is CC(C=NC1CCC(N)CC1)=C(N)OCc1ccccn1. The van der Waals surface area contributed by atoms with Crippen LogP contribution in [0.25, 0.3) is 0 Å². The van der Waals surface area contributed by atoms with Gasteiger partial charge in [0.15, 0.2) is 5.88 Å². The van der Waals surface area contributed by atoms with E-state index < -0.39 is 0 Å². The lowest BCUT2D eigenvalue weighted by Gasteiger charge is -2.22. The predicted molar refractivity (Wildman–Crippen MR) is 84.6 cm³/mol. The fourth-order valence-electron chi connectivity index (χ4n) is 2.28. The highest BCUT2D eigenvalue weighted by Gasteiger charge is 2.16. The molecule has 1 saturated carbocycles. The van der Waals surface area contributed by atoms with Gasteiger partial charge in [0.2, 0.25) is 0 Å². The lowest BCUT2D eigenvalue weighted by molar-refractivity contribution is 0.190. The van der Waals surface area contributed by atoms with Gasteiger partial charge in [0.25, 0.3) is 0 Å². The summed E-state index contributed by atoms with van der Waals surface area (Å²) in [5.74, 6) is 0.400. The largest absolute Gasteiger partial charge is 0.473 e. The van der Waals surface area contributed by atoms with E-state index in [-0.39, 0.29) is 0 Å². The van der Waals surface area contributed by atoms with E-state index in [0.717, 1.165) is 37.0 Å². The Morgan fingerprint density at radius 2 is 2.14 bits per heavy atom. The summed E-state index contributed by atoms with van der Waals surface area (Å²) in [5, 5.41) is 0. The van der Waals surface area contributed by atoms with Crippen molar-refractivity contribution in [3.05, 3.63) is 41.5 Å². The number of hydrogen-bond acceptors (Lipinski definition) is 5. The van der Waals surface area contributed by atoms with Crippen molar-refractivity contribution in [3.63, 3.8) is 0 Å². The maximum Gasteiger partial charge on any atom is 0.188 e. The molecule has 5 heteroatoms. The summed E-state index contributed by atoms with van der Waals surface area (Å²) in [7, 11) is 0. The van der Waals surface area contributed by atoms with Crippen LogP contribution in [0.3, 0.4) is 0 Å². The Balaban J connectivity index is 1.83. The van der Waals surface area contributed by atoms with Gasteiger partial charge in [-0.1, -0.05) is 6.07 Å². The first-order valence-electron chi connectivity index (χ1n) is 7.43. The molecule has 0 bridgehead atoms. The van der Waals surface area contributed by atoms with E-state index in [1.807, 2.05) is 31.3 Å². The summed E-state index contributed by atoms with van der Waals surface area (Å²) in [5.41, 5.74) is 13.5. The highest BCUT2D eigenvalue weighted by atomic mass is 16.5. The molecule has 4 N–H and O–H groups in total. The zero-order valence-corrected chi connectivity index (χ0v) is 12.5. The van der Waals surface area contributed by atoms with Gasteiger partial charge in [-0.05, 0) is 44.7 Å². The summed E-state index contributed by atoms with van der Waals surface area (Å²) in [6, 6.07) is 6.41. The molecular weight excluding hydrogens is 264 g/mol. The zero-order chi connectivity index (χ0) is 15.1. The van der Waals surface area contributed by atoms with Crippen LogP contribution in [0.2, 0.25) is 0 Å². The van der Waals surface area contributed by atoms with Gasteiger partial charge in [-0.15, -0.1) is 0 Å². The van der Waals surface area contributed by atoms with Gasteiger partial charge in [0, 0.05) is 24.0 Å². The van der Waals surface area contributed by atoms with Crippen LogP contribution < -0.4 is 11.5 Å². The highest BCUT2D eigenvalue weighted by molar-refractivity contribution is 5.78. The van der Waals surface area contributed by atoms with Gasteiger partial charge in [-0.25, -0.2) is 0 Å². The molecule has 0 atom stereocenters. The van der Waals surface area contributed by atoms with Gasteiger partial charge in [-0.3, -0.25) is 9.98 Å². The Hall–Kier alpha value is -1.88. The van der Waals surface area contributed by atoms with E-state index in [1.165, 1.54) is 0 Å². The van der Waals surface area contributed by atoms with E-state index in [4.69, 9.17) is 16.2 Å². The molecule has 0 aliphatic heterocycles. The van der Waals surface area contributed by atoms with E-state index >= 15 is 0 Å². The van der Waals surface area contributed by atoms with Crippen molar-refractivity contribution in [1.82, 2.24) is 4.98 Å². The van der Waals surface area contributed by atoms with Crippen molar-refractivity contribution in [1.29, 1.82) is 0 Å². The number of aromatic nitrogens is 1. The molecule has 1 aromatic rings. The Kier molecular flexibility index (Phi) is 5.75. The van der Waals surface area contributed by atoms with Crippen LogP contribution >= 0.6 is 0 Å². The molecule has 1 heterocycles. The Morgan fingerprint density at radius 3 is 2.81 bits per heavy atom. The fourth-order valence-corrected chi connectivity index (χ4v) is 2.28. The molecule has 0 unspecified atom stereocenters. The number of ether oxygens (including phenoxy) is 1. The first-order valence-corrected chi connectivity index (χ1v) is 7.43. The van der Waals surface area contributed by atoms with E-state index in [0.29, 0.717) is 24.6 Å². The van der Waals surface area contributed by atoms with Gasteiger partial charge < -0.3 is 16.2 Å². The molecule has 1 fully saturated rings. The Bertz CT molecular complexity index is 490. The normalized spacial score (nSPS) is 23.9. The van der Waals surface area contributed by atoms with Crippen molar-refractivity contribution < 1.29 is 4.74 Å². The van der Waals surface area contributed by atoms with Crippen molar-refractivity contribution in [2.75, 3.05) is 0 Å². The van der Waals surface area contributed by atoms with Gasteiger partial charge in [-0.2, -0.15) is 0 Å². The van der Waals surface area contributed by atoms with Crippen LogP contribution in [-0.2, 0) is 11.3 Å². The van der Waals surface area contributed by atoms with E-state index in [9.17, 15) is 0 Å². The quantitative estimate of drug-likeness (QED) is 0.642. The first-order chi connectivity index (χ1) is 10.1. The number of nitrogens with two attached hydrogens (primary N) is 2. The second-order valence-corrected chi connectivity index (χ2v) is 5.50. The number of allylic oxidation sites excluding steroid dienone is 1. The second-order valence-electron chi connectivity index (χ2n) is 5.50. The number of rotatable bonds is 5. The van der Waals surface area contributed by atoms with Gasteiger partial charge in [0.05, 0.1) is 11.7 Å². The van der Waals surface area contributed by atoms with Crippen LogP contribution in [-0.4, -0.2) is 23.3 Å². The molecule has 0 spiro atoms. The van der Waals surface area contributed by atoms with Crippen LogP contribution in [0, 0.1) is 0 Å². The number of aliphatic imine (C=N–C) groups is 1. The molecule has 0 saturated heterocycles. The number of nitrogens with zero attached hydrogens (tertiary/aromatic N) is 2. The minimum Gasteiger partial charge on any atom is -0.473 e. The molecule has 2 rings (SSSR count). The van der Waals surface area contributed by atoms with Crippen LogP contribution in [0.5, 0.6) is 0 Å². The minimum atomic E-state index is 0.347. The fraction of sp³-hybridized carbons (Fsp3) is 0.500. The van der Waals surface area contributed by atoms with Crippen molar-refractivity contribution in [3.8, 4) is 0 Å². The average molecular weight is 288 g/mol. The Labute approximate surface area is 126 Å². The summed E-state index contributed by atoms with van der Waals surface area (Å²) < 4.78 is 5.53. The maximum atomic E-state index is 5.92. The highest BCUT2D eigenvalue weighted by Crippen LogP contribution is 2.19. The molecule has 5 nitrogen and oxygen atoms in total. The standard InChI is InChI=1S/C16H24N4O/c1-12(10-20-14-7-5-13(17)6-8-14)16(18)21-11-15-4-2-3-9-19-15/h2-4,9-10,13-14H,5-8,11,17-18H2,1H3. The molecule has 0 aromatic carbocycles.